The highest BCUT2D eigenvalue weighted by molar-refractivity contribution is 14.0. The van der Waals surface area contributed by atoms with Gasteiger partial charge in [0.2, 0.25) is 0 Å². The lowest BCUT2D eigenvalue weighted by Gasteiger charge is -2.14. The Morgan fingerprint density at radius 2 is 2.05 bits per heavy atom. The van der Waals surface area contributed by atoms with Crippen LogP contribution in [0.3, 0.4) is 0 Å². The molecule has 0 aliphatic carbocycles. The Bertz CT molecular complexity index is 414. The number of hydrogen-bond acceptors (Lipinski definition) is 2. The highest BCUT2D eigenvalue weighted by atomic mass is 127. The monoisotopic (exact) mass is 421 g/mol. The second-order valence-corrected chi connectivity index (χ2v) is 5.80. The minimum atomic E-state index is 0. The highest BCUT2D eigenvalue weighted by Crippen LogP contribution is 2.03. The minimum Gasteiger partial charge on any atom is -0.356 e. The molecule has 128 valence electrons. The third-order valence-corrected chi connectivity index (χ3v) is 3.32. The first-order valence-corrected chi connectivity index (χ1v) is 8.11. The molecule has 0 aromatic carbocycles. The van der Waals surface area contributed by atoms with Gasteiger partial charge in [-0.25, -0.2) is 4.98 Å². The van der Waals surface area contributed by atoms with Crippen molar-refractivity contribution < 1.29 is 0 Å². The maximum atomic E-state index is 4.41. The van der Waals surface area contributed by atoms with Crippen molar-refractivity contribution in [2.45, 2.75) is 59.5 Å². The Morgan fingerprint density at radius 1 is 1.27 bits per heavy atom. The zero-order chi connectivity index (χ0) is 15.5. The fraction of sp³-hybridized carbons (Fsp3) is 0.750. The van der Waals surface area contributed by atoms with E-state index in [1.165, 1.54) is 25.7 Å². The zero-order valence-corrected chi connectivity index (χ0v) is 16.8. The number of imidazole rings is 1. The van der Waals surface area contributed by atoms with Crippen LogP contribution in [-0.2, 0) is 13.1 Å². The second kappa shape index (κ2) is 12.7. The van der Waals surface area contributed by atoms with Crippen LogP contribution in [0.2, 0.25) is 0 Å². The van der Waals surface area contributed by atoms with Gasteiger partial charge in [-0.1, -0.05) is 40.0 Å². The van der Waals surface area contributed by atoms with Crippen LogP contribution >= 0.6 is 24.0 Å². The molecule has 1 heterocycles. The van der Waals surface area contributed by atoms with Crippen LogP contribution in [-0.4, -0.2) is 29.1 Å². The van der Waals surface area contributed by atoms with Crippen LogP contribution in [0.1, 0.15) is 52.3 Å². The minimum absolute atomic E-state index is 0. The number of nitrogens with zero attached hydrogens (tertiary/aromatic N) is 3. The maximum absolute atomic E-state index is 4.41. The summed E-state index contributed by atoms with van der Waals surface area (Å²) >= 11 is 0. The standard InChI is InChI=1S/C16H31N5.HI/c1-5-6-7-8-9-19-16(17-4)20-12-15-18-10-11-21(15)13-14(2)3;/h10-11,14H,5-9,12-13H2,1-4H3,(H2,17,19,20);1H. The average molecular weight is 421 g/mol. The molecule has 0 aliphatic heterocycles. The van der Waals surface area contributed by atoms with Crippen LogP contribution in [0.15, 0.2) is 17.4 Å². The van der Waals surface area contributed by atoms with Crippen molar-refractivity contribution >= 4 is 29.9 Å². The van der Waals surface area contributed by atoms with Crippen LogP contribution in [0, 0.1) is 5.92 Å². The number of aliphatic imine (C=N–C) groups is 1. The van der Waals surface area contributed by atoms with E-state index >= 15 is 0 Å². The van der Waals surface area contributed by atoms with Gasteiger partial charge in [-0.2, -0.15) is 0 Å². The Balaban J connectivity index is 0.00000441. The van der Waals surface area contributed by atoms with Gasteiger partial charge in [-0.05, 0) is 12.3 Å². The number of hydrogen-bond donors (Lipinski definition) is 2. The number of unbranched alkanes of at least 4 members (excludes halogenated alkanes) is 3. The summed E-state index contributed by atoms with van der Waals surface area (Å²) in [5.41, 5.74) is 0. The van der Waals surface area contributed by atoms with E-state index in [0.717, 1.165) is 24.9 Å². The van der Waals surface area contributed by atoms with Crippen molar-refractivity contribution in [1.29, 1.82) is 0 Å². The first-order valence-electron chi connectivity index (χ1n) is 8.11. The number of guanidine groups is 1. The number of halogens is 1. The molecule has 1 aromatic heterocycles. The van der Waals surface area contributed by atoms with Gasteiger partial charge in [0.25, 0.3) is 0 Å². The molecule has 2 N–H and O–H groups in total. The van der Waals surface area contributed by atoms with E-state index in [1.54, 1.807) is 0 Å². The fourth-order valence-electron chi connectivity index (χ4n) is 2.21. The lowest BCUT2D eigenvalue weighted by molar-refractivity contribution is 0.503. The van der Waals surface area contributed by atoms with E-state index < -0.39 is 0 Å². The first-order chi connectivity index (χ1) is 10.2. The molecule has 5 nitrogen and oxygen atoms in total. The van der Waals surface area contributed by atoms with Gasteiger partial charge in [-0.15, -0.1) is 24.0 Å². The molecule has 1 rings (SSSR count). The Morgan fingerprint density at radius 3 is 2.68 bits per heavy atom. The molecule has 0 radical (unpaired) electrons. The van der Waals surface area contributed by atoms with Gasteiger partial charge in [0, 0.05) is 32.5 Å². The summed E-state index contributed by atoms with van der Waals surface area (Å²) in [7, 11) is 1.81. The molecule has 6 heteroatoms. The summed E-state index contributed by atoms with van der Waals surface area (Å²) in [4.78, 5) is 8.67. The average Bonchev–Trinajstić information content (AvgIpc) is 2.88. The van der Waals surface area contributed by atoms with Gasteiger partial charge in [-0.3, -0.25) is 4.99 Å². The molecular weight excluding hydrogens is 389 g/mol. The first kappa shape index (κ1) is 21.2. The molecule has 0 amide bonds. The number of aromatic nitrogens is 2. The number of nitrogens with one attached hydrogen (secondary N) is 2. The summed E-state index contributed by atoms with van der Waals surface area (Å²) in [5.74, 6) is 2.53. The van der Waals surface area contributed by atoms with Gasteiger partial charge in [0.15, 0.2) is 5.96 Å². The van der Waals surface area contributed by atoms with Crippen molar-refractivity contribution in [2.75, 3.05) is 13.6 Å². The molecule has 0 aliphatic rings. The zero-order valence-electron chi connectivity index (χ0n) is 14.4. The molecular formula is C16H32IN5. The Hall–Kier alpha value is -0.790. The molecule has 22 heavy (non-hydrogen) atoms. The van der Waals surface area contributed by atoms with Crippen LogP contribution in [0.5, 0.6) is 0 Å². The Labute approximate surface area is 152 Å². The molecule has 0 saturated carbocycles. The summed E-state index contributed by atoms with van der Waals surface area (Å²) < 4.78 is 2.20. The predicted octanol–water partition coefficient (Wildman–Crippen LogP) is 3.40. The summed E-state index contributed by atoms with van der Waals surface area (Å²) in [6.45, 7) is 9.34. The third-order valence-electron chi connectivity index (χ3n) is 3.32. The molecule has 0 saturated heterocycles. The smallest absolute Gasteiger partial charge is 0.191 e. The van der Waals surface area contributed by atoms with E-state index in [4.69, 9.17) is 0 Å². The lowest BCUT2D eigenvalue weighted by atomic mass is 10.2. The lowest BCUT2D eigenvalue weighted by Crippen LogP contribution is -2.37. The van der Waals surface area contributed by atoms with Crippen molar-refractivity contribution in [3.63, 3.8) is 0 Å². The van der Waals surface area contributed by atoms with Crippen molar-refractivity contribution in [3.05, 3.63) is 18.2 Å². The van der Waals surface area contributed by atoms with E-state index in [2.05, 4.69) is 45.9 Å². The van der Waals surface area contributed by atoms with Crippen molar-refractivity contribution in [3.8, 4) is 0 Å². The topological polar surface area (TPSA) is 54.2 Å². The molecule has 0 spiro atoms. The summed E-state index contributed by atoms with van der Waals surface area (Å²) in [5, 5.41) is 6.68. The van der Waals surface area contributed by atoms with E-state index in [1.807, 2.05) is 19.4 Å². The van der Waals surface area contributed by atoms with Crippen LogP contribution in [0.4, 0.5) is 0 Å². The fourth-order valence-corrected chi connectivity index (χ4v) is 2.21. The SMILES string of the molecule is CCCCCCNC(=NC)NCc1nccn1CC(C)C.I. The summed E-state index contributed by atoms with van der Waals surface area (Å²) in [6, 6.07) is 0. The van der Waals surface area contributed by atoms with Crippen LogP contribution < -0.4 is 10.6 Å². The second-order valence-electron chi connectivity index (χ2n) is 5.80. The normalized spacial score (nSPS) is 11.4. The van der Waals surface area contributed by atoms with Gasteiger partial charge < -0.3 is 15.2 Å². The maximum Gasteiger partial charge on any atom is 0.191 e. The quantitative estimate of drug-likeness (QED) is 0.278. The molecule has 1 aromatic rings. The molecule has 0 bridgehead atoms. The number of rotatable bonds is 9. The Kier molecular flexibility index (Phi) is 12.3. The van der Waals surface area contributed by atoms with Gasteiger partial charge >= 0.3 is 0 Å². The van der Waals surface area contributed by atoms with Crippen molar-refractivity contribution in [1.82, 2.24) is 20.2 Å². The summed E-state index contributed by atoms with van der Waals surface area (Å²) in [6.07, 6.45) is 8.94. The molecule has 0 atom stereocenters. The predicted molar refractivity (Wildman–Crippen MR) is 105 cm³/mol. The van der Waals surface area contributed by atoms with Crippen LogP contribution in [0.25, 0.3) is 0 Å². The largest absolute Gasteiger partial charge is 0.356 e. The molecule has 0 unspecified atom stereocenters. The third kappa shape index (κ3) is 8.60. The highest BCUT2D eigenvalue weighted by Gasteiger charge is 2.05. The molecule has 0 fully saturated rings. The van der Waals surface area contributed by atoms with E-state index in [9.17, 15) is 0 Å². The van der Waals surface area contributed by atoms with Gasteiger partial charge in [0.05, 0.1) is 6.54 Å². The van der Waals surface area contributed by atoms with E-state index in [0.29, 0.717) is 12.5 Å². The van der Waals surface area contributed by atoms with Crippen molar-refractivity contribution in [2.24, 2.45) is 10.9 Å². The van der Waals surface area contributed by atoms with Gasteiger partial charge in [0.1, 0.15) is 5.82 Å². The van der Waals surface area contributed by atoms with E-state index in [-0.39, 0.29) is 24.0 Å².